The van der Waals surface area contributed by atoms with Crippen LogP contribution in [0.2, 0.25) is 10.0 Å². The van der Waals surface area contributed by atoms with Gasteiger partial charge in [-0.2, -0.15) is 0 Å². The minimum atomic E-state index is 0.0339. The summed E-state index contributed by atoms with van der Waals surface area (Å²) >= 11 is 12.0. The lowest BCUT2D eigenvalue weighted by molar-refractivity contribution is -0.121. The van der Waals surface area contributed by atoms with Crippen LogP contribution < -0.4 is 10.1 Å². The van der Waals surface area contributed by atoms with Gasteiger partial charge in [-0.1, -0.05) is 41.4 Å². The average molecular weight is 366 g/mol. The molecule has 0 atom stereocenters. The Bertz CT molecular complexity index is 689. The number of carbonyl (C=O) groups excluding carboxylic acids is 1. The fraction of sp³-hybridized carbons (Fsp3) is 0.316. The summed E-state index contributed by atoms with van der Waals surface area (Å²) in [6.07, 6.45) is 2.82. The van der Waals surface area contributed by atoms with E-state index in [1.807, 2.05) is 24.3 Å². The van der Waals surface area contributed by atoms with Crippen molar-refractivity contribution in [3.05, 3.63) is 63.6 Å². The third kappa shape index (κ3) is 6.06. The molecular weight excluding hydrogens is 345 g/mol. The summed E-state index contributed by atoms with van der Waals surface area (Å²) in [5, 5.41) is 4.15. The monoisotopic (exact) mass is 365 g/mol. The molecule has 1 N–H and O–H groups in total. The molecule has 1 amide bonds. The average Bonchev–Trinajstić information content (AvgIpc) is 2.58. The Labute approximate surface area is 152 Å². The van der Waals surface area contributed by atoms with Crippen LogP contribution in [0.5, 0.6) is 5.75 Å². The molecule has 2 aromatic carbocycles. The first-order valence-corrected chi connectivity index (χ1v) is 8.67. The highest BCUT2D eigenvalue weighted by Crippen LogP contribution is 2.22. The number of nitrogens with one attached hydrogen (secondary N) is 1. The molecule has 5 heteroatoms. The summed E-state index contributed by atoms with van der Waals surface area (Å²) in [6, 6.07) is 13.3. The standard InChI is InChI=1S/C19H21Cl2NO2/c1-24-17-6-2-4-14(12-17)5-3-11-22-19(23)10-8-15-7-9-16(20)13-18(15)21/h2,4,6-7,9,12-13H,3,5,8,10-11H2,1H3,(H,22,23). The first-order valence-electron chi connectivity index (χ1n) is 7.92. The maximum Gasteiger partial charge on any atom is 0.220 e. The van der Waals surface area contributed by atoms with Crippen LogP contribution in [0, 0.1) is 0 Å². The normalized spacial score (nSPS) is 10.5. The zero-order chi connectivity index (χ0) is 17.4. The molecule has 0 spiro atoms. The summed E-state index contributed by atoms with van der Waals surface area (Å²) in [6.45, 7) is 0.657. The molecule has 0 saturated heterocycles. The first-order chi connectivity index (χ1) is 11.6. The van der Waals surface area contributed by atoms with Crippen LogP contribution in [0.4, 0.5) is 0 Å². The van der Waals surface area contributed by atoms with Crippen LogP contribution >= 0.6 is 23.2 Å². The van der Waals surface area contributed by atoms with E-state index in [1.54, 1.807) is 19.2 Å². The molecule has 24 heavy (non-hydrogen) atoms. The van der Waals surface area contributed by atoms with E-state index >= 15 is 0 Å². The van der Waals surface area contributed by atoms with Crippen LogP contribution in [-0.4, -0.2) is 19.6 Å². The maximum atomic E-state index is 11.9. The van der Waals surface area contributed by atoms with Gasteiger partial charge in [0.25, 0.3) is 0 Å². The quantitative estimate of drug-likeness (QED) is 0.689. The number of carbonyl (C=O) groups is 1. The number of halogens is 2. The number of methoxy groups -OCH3 is 1. The number of benzene rings is 2. The van der Waals surface area contributed by atoms with E-state index in [0.29, 0.717) is 29.4 Å². The van der Waals surface area contributed by atoms with Crippen LogP contribution in [0.15, 0.2) is 42.5 Å². The van der Waals surface area contributed by atoms with Crippen LogP contribution in [0.25, 0.3) is 0 Å². The Balaban J connectivity index is 1.67. The highest BCUT2D eigenvalue weighted by molar-refractivity contribution is 6.35. The number of hydrogen-bond acceptors (Lipinski definition) is 2. The van der Waals surface area contributed by atoms with Crippen LogP contribution in [0.3, 0.4) is 0 Å². The van der Waals surface area contributed by atoms with Crippen molar-refractivity contribution in [1.29, 1.82) is 0 Å². The zero-order valence-electron chi connectivity index (χ0n) is 13.6. The second-order valence-electron chi connectivity index (χ2n) is 5.54. The fourth-order valence-corrected chi connectivity index (χ4v) is 2.91. The second-order valence-corrected chi connectivity index (χ2v) is 6.38. The lowest BCUT2D eigenvalue weighted by atomic mass is 10.1. The van der Waals surface area contributed by atoms with Crippen molar-refractivity contribution in [2.24, 2.45) is 0 Å². The van der Waals surface area contributed by atoms with Crippen molar-refractivity contribution >= 4 is 29.1 Å². The van der Waals surface area contributed by atoms with Gasteiger partial charge in [0.05, 0.1) is 7.11 Å². The van der Waals surface area contributed by atoms with E-state index < -0.39 is 0 Å². The van der Waals surface area contributed by atoms with Crippen molar-refractivity contribution < 1.29 is 9.53 Å². The fourth-order valence-electron chi connectivity index (χ4n) is 2.41. The van der Waals surface area contributed by atoms with E-state index in [4.69, 9.17) is 27.9 Å². The van der Waals surface area contributed by atoms with Crippen LogP contribution in [0.1, 0.15) is 24.0 Å². The Hall–Kier alpha value is -1.71. The SMILES string of the molecule is COc1cccc(CCCNC(=O)CCc2ccc(Cl)cc2Cl)c1. The number of ether oxygens (including phenoxy) is 1. The molecule has 0 aliphatic carbocycles. The largest absolute Gasteiger partial charge is 0.497 e. The first kappa shape index (κ1) is 18.6. The van der Waals surface area contributed by atoms with Gasteiger partial charge in [0, 0.05) is 23.0 Å². The maximum absolute atomic E-state index is 11.9. The highest BCUT2D eigenvalue weighted by Gasteiger charge is 2.06. The van der Waals surface area contributed by atoms with Gasteiger partial charge in [0.1, 0.15) is 5.75 Å². The van der Waals surface area contributed by atoms with Gasteiger partial charge in [0.15, 0.2) is 0 Å². The Morgan fingerprint density at radius 1 is 1.12 bits per heavy atom. The minimum Gasteiger partial charge on any atom is -0.497 e. The van der Waals surface area contributed by atoms with E-state index in [1.165, 1.54) is 5.56 Å². The van der Waals surface area contributed by atoms with Gasteiger partial charge in [-0.25, -0.2) is 0 Å². The molecule has 2 rings (SSSR count). The molecule has 0 radical (unpaired) electrons. The van der Waals surface area contributed by atoms with Gasteiger partial charge >= 0.3 is 0 Å². The van der Waals surface area contributed by atoms with E-state index in [2.05, 4.69) is 11.4 Å². The Morgan fingerprint density at radius 3 is 2.71 bits per heavy atom. The molecule has 0 bridgehead atoms. The molecular formula is C19H21Cl2NO2. The smallest absolute Gasteiger partial charge is 0.220 e. The molecule has 0 saturated carbocycles. The van der Waals surface area contributed by atoms with E-state index in [9.17, 15) is 4.79 Å². The van der Waals surface area contributed by atoms with Crippen molar-refractivity contribution in [1.82, 2.24) is 5.32 Å². The van der Waals surface area contributed by atoms with Gasteiger partial charge in [-0.05, 0) is 54.7 Å². The number of amides is 1. The van der Waals surface area contributed by atoms with Gasteiger partial charge in [-0.3, -0.25) is 4.79 Å². The zero-order valence-corrected chi connectivity index (χ0v) is 15.2. The number of rotatable bonds is 8. The molecule has 0 fully saturated rings. The molecule has 0 aliphatic rings. The van der Waals surface area contributed by atoms with Crippen molar-refractivity contribution in [2.75, 3.05) is 13.7 Å². The minimum absolute atomic E-state index is 0.0339. The molecule has 3 nitrogen and oxygen atoms in total. The summed E-state index contributed by atoms with van der Waals surface area (Å²) in [5.41, 5.74) is 2.14. The summed E-state index contributed by atoms with van der Waals surface area (Å²) < 4.78 is 5.20. The third-order valence-corrected chi connectivity index (χ3v) is 4.32. The summed E-state index contributed by atoms with van der Waals surface area (Å²) in [7, 11) is 1.66. The summed E-state index contributed by atoms with van der Waals surface area (Å²) in [5.74, 6) is 0.892. The van der Waals surface area contributed by atoms with Crippen LogP contribution in [-0.2, 0) is 17.6 Å². The number of aryl methyl sites for hydroxylation is 2. The van der Waals surface area contributed by atoms with Gasteiger partial charge < -0.3 is 10.1 Å². The second kappa shape index (κ2) is 9.55. The van der Waals surface area contributed by atoms with Gasteiger partial charge in [0.2, 0.25) is 5.91 Å². The lowest BCUT2D eigenvalue weighted by Crippen LogP contribution is -2.25. The number of hydrogen-bond donors (Lipinski definition) is 1. The molecule has 0 heterocycles. The van der Waals surface area contributed by atoms with E-state index in [0.717, 1.165) is 24.2 Å². The predicted octanol–water partition coefficient (Wildman–Crippen LogP) is 4.68. The van der Waals surface area contributed by atoms with Gasteiger partial charge in [-0.15, -0.1) is 0 Å². The molecule has 0 aromatic heterocycles. The Morgan fingerprint density at radius 2 is 1.96 bits per heavy atom. The van der Waals surface area contributed by atoms with Crippen molar-refractivity contribution in [2.45, 2.75) is 25.7 Å². The van der Waals surface area contributed by atoms with Crippen molar-refractivity contribution in [3.8, 4) is 5.75 Å². The van der Waals surface area contributed by atoms with E-state index in [-0.39, 0.29) is 5.91 Å². The predicted molar refractivity (Wildman–Crippen MR) is 99.1 cm³/mol. The third-order valence-electron chi connectivity index (χ3n) is 3.74. The topological polar surface area (TPSA) is 38.3 Å². The molecule has 2 aromatic rings. The Kier molecular flexibility index (Phi) is 7.41. The molecule has 0 unspecified atom stereocenters. The summed E-state index contributed by atoms with van der Waals surface area (Å²) in [4.78, 5) is 11.9. The molecule has 128 valence electrons. The van der Waals surface area contributed by atoms with Crippen molar-refractivity contribution in [3.63, 3.8) is 0 Å². The highest BCUT2D eigenvalue weighted by atomic mass is 35.5. The lowest BCUT2D eigenvalue weighted by Gasteiger charge is -2.07. The molecule has 0 aliphatic heterocycles.